The van der Waals surface area contributed by atoms with Gasteiger partial charge in [-0.3, -0.25) is 28.9 Å². The first kappa shape index (κ1) is 25.2. The molecule has 9 heteroatoms. The Balaban J connectivity index is 2.00. The van der Waals surface area contributed by atoms with Crippen molar-refractivity contribution >= 4 is 28.7 Å². The van der Waals surface area contributed by atoms with E-state index in [-0.39, 0.29) is 30.5 Å². The van der Waals surface area contributed by atoms with Gasteiger partial charge in [0.25, 0.3) is 5.56 Å². The van der Waals surface area contributed by atoms with Crippen LogP contribution in [0.1, 0.15) is 30.2 Å². The maximum Gasteiger partial charge on any atom is 0.330 e. The second-order valence-corrected chi connectivity index (χ2v) is 9.03. The number of carbonyl (C=O) groups is 1. The quantitative estimate of drug-likeness (QED) is 0.387. The number of hydrogen-bond donors (Lipinski definition) is 2. The summed E-state index contributed by atoms with van der Waals surface area (Å²) in [5, 5.41) is 1.99. The molecule has 0 saturated heterocycles. The number of nitrogens with one attached hydrogen (secondary N) is 1. The van der Waals surface area contributed by atoms with Crippen LogP contribution in [0.15, 0.2) is 70.1 Å². The lowest BCUT2D eigenvalue weighted by atomic mass is 10.2. The molecule has 0 aliphatic heterocycles. The first-order valence-electron chi connectivity index (χ1n) is 11.3. The molecule has 0 radical (unpaired) electrons. The molecule has 0 fully saturated rings. The molecule has 34 heavy (non-hydrogen) atoms. The number of hydrogen-bond acceptors (Lipinski definition) is 6. The van der Waals surface area contributed by atoms with Crippen molar-refractivity contribution in [1.29, 1.82) is 0 Å². The molecule has 3 N–H and O–H groups in total. The van der Waals surface area contributed by atoms with Gasteiger partial charge in [0.1, 0.15) is 5.82 Å². The van der Waals surface area contributed by atoms with Gasteiger partial charge >= 0.3 is 5.69 Å². The van der Waals surface area contributed by atoms with Crippen LogP contribution in [0.2, 0.25) is 0 Å². The Labute approximate surface area is 203 Å². The fourth-order valence-electron chi connectivity index (χ4n) is 3.70. The van der Waals surface area contributed by atoms with Crippen molar-refractivity contribution in [3.63, 3.8) is 0 Å². The van der Waals surface area contributed by atoms with Crippen molar-refractivity contribution in [1.82, 2.24) is 14.5 Å². The van der Waals surface area contributed by atoms with E-state index in [0.717, 1.165) is 23.3 Å². The molecule has 0 aliphatic rings. The standard InChI is InChI=1S/C25H31N5O3S/c1-3-5-14-29-23(26)22(24(32)27-25(29)33)30(16-19-10-7-6-8-11-19)21(31)18-28(13-4-2)17-20-12-9-15-34-20/h4,6-12,15H,2-3,5,13-14,16-18,26H2,1H3,(H,27,32,33). The van der Waals surface area contributed by atoms with E-state index in [1.165, 1.54) is 9.47 Å². The first-order chi connectivity index (χ1) is 16.4. The Morgan fingerprint density at radius 3 is 2.59 bits per heavy atom. The van der Waals surface area contributed by atoms with Gasteiger partial charge in [0.15, 0.2) is 5.69 Å². The van der Waals surface area contributed by atoms with Crippen LogP contribution in [-0.2, 0) is 24.4 Å². The Morgan fingerprint density at radius 1 is 1.18 bits per heavy atom. The summed E-state index contributed by atoms with van der Waals surface area (Å²) < 4.78 is 1.33. The second-order valence-electron chi connectivity index (χ2n) is 8.00. The molecule has 1 amide bonds. The number of rotatable bonds is 12. The average molecular weight is 482 g/mol. The maximum absolute atomic E-state index is 13.6. The van der Waals surface area contributed by atoms with Crippen molar-refractivity contribution in [3.05, 3.63) is 91.8 Å². The van der Waals surface area contributed by atoms with E-state index < -0.39 is 11.2 Å². The number of amides is 1. The number of carbonyl (C=O) groups excluding carboxylic acids is 1. The molecule has 0 saturated carbocycles. The highest BCUT2D eigenvalue weighted by atomic mass is 32.1. The Bertz CT molecular complexity index is 1200. The van der Waals surface area contributed by atoms with Gasteiger partial charge in [-0.1, -0.05) is 55.8 Å². The summed E-state index contributed by atoms with van der Waals surface area (Å²) >= 11 is 1.61. The predicted molar refractivity (Wildman–Crippen MR) is 138 cm³/mol. The molecule has 2 heterocycles. The van der Waals surface area contributed by atoms with E-state index in [1.807, 2.05) is 59.7 Å². The number of H-pyrrole nitrogens is 1. The van der Waals surface area contributed by atoms with E-state index in [1.54, 1.807) is 17.4 Å². The Hall–Kier alpha value is -3.43. The summed E-state index contributed by atoms with van der Waals surface area (Å²) in [7, 11) is 0. The zero-order valence-electron chi connectivity index (χ0n) is 19.4. The largest absolute Gasteiger partial charge is 0.383 e. The minimum Gasteiger partial charge on any atom is -0.383 e. The lowest BCUT2D eigenvalue weighted by Crippen LogP contribution is -2.44. The fourth-order valence-corrected chi connectivity index (χ4v) is 4.45. The zero-order chi connectivity index (χ0) is 24.5. The fraction of sp³-hybridized carbons (Fsp3) is 0.320. The molecule has 2 aromatic heterocycles. The van der Waals surface area contributed by atoms with Crippen LogP contribution < -0.4 is 21.9 Å². The third-order valence-electron chi connectivity index (χ3n) is 5.41. The average Bonchev–Trinajstić information content (AvgIpc) is 3.32. The molecule has 0 atom stereocenters. The van der Waals surface area contributed by atoms with E-state index in [2.05, 4.69) is 11.6 Å². The van der Waals surface area contributed by atoms with Crippen molar-refractivity contribution in [2.45, 2.75) is 39.4 Å². The molecule has 180 valence electrons. The normalized spacial score (nSPS) is 11.0. The summed E-state index contributed by atoms with van der Waals surface area (Å²) in [6, 6.07) is 13.4. The van der Waals surface area contributed by atoms with E-state index in [9.17, 15) is 14.4 Å². The second kappa shape index (κ2) is 12.2. The third kappa shape index (κ3) is 6.33. The van der Waals surface area contributed by atoms with Crippen LogP contribution in [0.5, 0.6) is 0 Å². The number of nitrogens with two attached hydrogens (primary N) is 1. The number of nitrogen functional groups attached to an aromatic ring is 1. The van der Waals surface area contributed by atoms with Crippen molar-refractivity contribution in [2.24, 2.45) is 0 Å². The minimum atomic E-state index is -0.673. The van der Waals surface area contributed by atoms with Gasteiger partial charge in [0.05, 0.1) is 13.1 Å². The number of thiophene rings is 1. The summed E-state index contributed by atoms with van der Waals surface area (Å²) in [6.07, 6.45) is 3.32. The van der Waals surface area contributed by atoms with Crippen LogP contribution in [0.4, 0.5) is 11.5 Å². The Kier molecular flexibility index (Phi) is 9.00. The lowest BCUT2D eigenvalue weighted by molar-refractivity contribution is -0.119. The zero-order valence-corrected chi connectivity index (χ0v) is 20.2. The SMILES string of the molecule is C=CCN(CC(=O)N(Cc1ccccc1)c1c(N)n(CCCC)c(=O)[nH]c1=O)Cc1cccs1. The molecule has 0 aliphatic carbocycles. The predicted octanol–water partition coefficient (Wildman–Crippen LogP) is 3.20. The number of aromatic amines is 1. The number of aromatic nitrogens is 2. The molecule has 0 bridgehead atoms. The first-order valence-corrected chi connectivity index (χ1v) is 12.1. The Morgan fingerprint density at radius 2 is 1.94 bits per heavy atom. The van der Waals surface area contributed by atoms with Gasteiger partial charge in [-0.15, -0.1) is 17.9 Å². The van der Waals surface area contributed by atoms with E-state index >= 15 is 0 Å². The van der Waals surface area contributed by atoms with Crippen molar-refractivity contribution in [2.75, 3.05) is 23.7 Å². The number of nitrogens with zero attached hydrogens (tertiary/aromatic N) is 3. The topological polar surface area (TPSA) is 104 Å². The van der Waals surface area contributed by atoms with Crippen molar-refractivity contribution in [3.8, 4) is 0 Å². The number of unbranched alkanes of at least 4 members (excludes halogenated alkanes) is 1. The summed E-state index contributed by atoms with van der Waals surface area (Å²) in [6.45, 7) is 7.47. The van der Waals surface area contributed by atoms with E-state index in [0.29, 0.717) is 19.6 Å². The van der Waals surface area contributed by atoms with E-state index in [4.69, 9.17) is 5.73 Å². The number of benzene rings is 1. The third-order valence-corrected chi connectivity index (χ3v) is 6.27. The molecular formula is C25H31N5O3S. The monoisotopic (exact) mass is 481 g/mol. The molecular weight excluding hydrogens is 450 g/mol. The van der Waals surface area contributed by atoms with Gasteiger partial charge in [-0.2, -0.15) is 0 Å². The van der Waals surface area contributed by atoms with Gasteiger partial charge < -0.3 is 5.73 Å². The lowest BCUT2D eigenvalue weighted by Gasteiger charge is -2.28. The van der Waals surface area contributed by atoms with Crippen molar-refractivity contribution < 1.29 is 4.79 Å². The summed E-state index contributed by atoms with van der Waals surface area (Å²) in [5.41, 5.74) is 5.94. The highest BCUT2D eigenvalue weighted by Crippen LogP contribution is 2.21. The maximum atomic E-state index is 13.6. The molecule has 8 nitrogen and oxygen atoms in total. The van der Waals surface area contributed by atoms with Crippen LogP contribution in [0.3, 0.4) is 0 Å². The van der Waals surface area contributed by atoms with Gasteiger partial charge in [-0.25, -0.2) is 4.79 Å². The molecule has 3 aromatic rings. The molecule has 0 unspecified atom stereocenters. The van der Waals surface area contributed by atoms with Crippen LogP contribution in [0.25, 0.3) is 0 Å². The highest BCUT2D eigenvalue weighted by molar-refractivity contribution is 7.09. The molecule has 3 rings (SSSR count). The summed E-state index contributed by atoms with van der Waals surface area (Å²) in [5.74, 6) is -0.292. The van der Waals surface area contributed by atoms with Gasteiger partial charge in [-0.05, 0) is 23.4 Å². The van der Waals surface area contributed by atoms with Gasteiger partial charge in [0.2, 0.25) is 5.91 Å². The molecule has 1 aromatic carbocycles. The number of anilines is 2. The van der Waals surface area contributed by atoms with Crippen LogP contribution in [0, 0.1) is 0 Å². The molecule has 0 spiro atoms. The summed E-state index contributed by atoms with van der Waals surface area (Å²) in [4.78, 5) is 45.8. The van der Waals surface area contributed by atoms with Gasteiger partial charge in [0, 0.05) is 24.5 Å². The van der Waals surface area contributed by atoms with Crippen LogP contribution >= 0.6 is 11.3 Å². The highest BCUT2D eigenvalue weighted by Gasteiger charge is 2.26. The minimum absolute atomic E-state index is 0.00000798. The van der Waals surface area contributed by atoms with Crippen LogP contribution in [-0.4, -0.2) is 33.4 Å². The smallest absolute Gasteiger partial charge is 0.330 e.